The first-order valence-electron chi connectivity index (χ1n) is 9.12. The molecule has 0 unspecified atom stereocenters. The summed E-state index contributed by atoms with van der Waals surface area (Å²) in [4.78, 5) is 25.6. The van der Waals surface area contributed by atoms with Crippen molar-refractivity contribution in [1.82, 2.24) is 34.3 Å². The lowest BCUT2D eigenvalue weighted by Gasteiger charge is -2.10. The Hall–Kier alpha value is -3.95. The number of sulfone groups is 1. The number of aryl methyl sites for hydroxylation is 1. The molecule has 4 heterocycles. The first kappa shape index (κ1) is 22.3. The Kier molecular flexibility index (Phi) is 5.11. The zero-order valence-electron chi connectivity index (χ0n) is 16.8. The van der Waals surface area contributed by atoms with Crippen LogP contribution < -0.4 is 0 Å². The molecule has 172 valence electrons. The molecule has 0 aliphatic rings. The topological polar surface area (TPSA) is 152 Å². The predicted molar refractivity (Wildman–Crippen MR) is 106 cm³/mol. The van der Waals surface area contributed by atoms with Gasteiger partial charge in [0.05, 0.1) is 16.2 Å². The first-order chi connectivity index (χ1) is 15.4. The summed E-state index contributed by atoms with van der Waals surface area (Å²) in [7, 11) is -2.39. The molecule has 33 heavy (non-hydrogen) atoms. The molecule has 4 aromatic rings. The number of nitro groups is 1. The first-order valence-corrected chi connectivity index (χ1v) is 10.8. The lowest BCUT2D eigenvalue weighted by Crippen LogP contribution is -2.11. The molecule has 0 saturated heterocycles. The Morgan fingerprint density at radius 3 is 2.52 bits per heavy atom. The highest BCUT2D eigenvalue weighted by Gasteiger charge is 2.32. The van der Waals surface area contributed by atoms with Gasteiger partial charge in [-0.2, -0.15) is 13.2 Å². The van der Waals surface area contributed by atoms with Crippen molar-refractivity contribution < 1.29 is 26.5 Å². The van der Waals surface area contributed by atoms with Gasteiger partial charge in [0.2, 0.25) is 6.33 Å². The second kappa shape index (κ2) is 7.58. The fraction of sp³-hybridized carbons (Fsp3) is 0.235. The fourth-order valence-corrected chi connectivity index (χ4v) is 4.04. The fourth-order valence-electron chi connectivity index (χ4n) is 3.02. The third-order valence-electron chi connectivity index (χ3n) is 4.68. The summed E-state index contributed by atoms with van der Waals surface area (Å²) in [6, 6.07) is 3.29. The van der Waals surface area contributed by atoms with E-state index in [1.807, 2.05) is 0 Å². The zero-order chi connectivity index (χ0) is 24.1. The molecule has 0 fully saturated rings. The van der Waals surface area contributed by atoms with E-state index in [1.165, 1.54) is 30.7 Å². The van der Waals surface area contributed by atoms with Crippen LogP contribution in [0.2, 0.25) is 0 Å². The van der Waals surface area contributed by atoms with Crippen LogP contribution in [-0.2, 0) is 23.1 Å². The molecule has 0 aliphatic heterocycles. The molecule has 0 spiro atoms. The number of fused-ring (bicyclic) bond motifs is 1. The summed E-state index contributed by atoms with van der Waals surface area (Å²) in [5, 5.41) is 14.5. The molecular weight excluding hydrogens is 469 g/mol. The Bertz CT molecular complexity index is 1510. The van der Waals surface area contributed by atoms with Gasteiger partial charge < -0.3 is 14.7 Å². The third kappa shape index (κ3) is 3.88. The van der Waals surface area contributed by atoms with Crippen molar-refractivity contribution in [2.24, 2.45) is 7.05 Å². The predicted octanol–water partition coefficient (Wildman–Crippen LogP) is 2.33. The maximum Gasteiger partial charge on any atom is 0.491 e. The van der Waals surface area contributed by atoms with Crippen molar-refractivity contribution in [1.29, 1.82) is 0 Å². The van der Waals surface area contributed by atoms with E-state index < -0.39 is 32.4 Å². The molecule has 16 heteroatoms. The van der Waals surface area contributed by atoms with E-state index in [4.69, 9.17) is 0 Å². The highest BCUT2D eigenvalue weighted by molar-refractivity contribution is 7.91. The van der Waals surface area contributed by atoms with Gasteiger partial charge in [-0.3, -0.25) is 0 Å². The van der Waals surface area contributed by atoms with Gasteiger partial charge in [-0.25, -0.2) is 23.4 Å². The van der Waals surface area contributed by atoms with Crippen LogP contribution in [0.1, 0.15) is 12.5 Å². The molecule has 4 rings (SSSR count). The highest BCUT2D eigenvalue weighted by atomic mass is 32.2. The number of rotatable bonds is 5. The van der Waals surface area contributed by atoms with E-state index in [1.54, 1.807) is 0 Å². The van der Waals surface area contributed by atoms with Gasteiger partial charge in [0.15, 0.2) is 27.1 Å². The van der Waals surface area contributed by atoms with Crippen LogP contribution in [0.5, 0.6) is 0 Å². The van der Waals surface area contributed by atoms with E-state index in [0.717, 1.165) is 17.1 Å². The standard InChI is InChI=1S/C17H13F3N8O4S/c1-3-33(31,32)11-4-5-12(27-8-22-16(25-27)28(29)30)24-13(11)15-23-10-6-9(17(18,19)20)7-21-14(10)26(15)2/h4-8H,3H2,1-2H3. The van der Waals surface area contributed by atoms with Gasteiger partial charge >= 0.3 is 12.1 Å². The van der Waals surface area contributed by atoms with Crippen molar-refractivity contribution in [2.45, 2.75) is 18.0 Å². The lowest BCUT2D eigenvalue weighted by atomic mass is 10.2. The smallest absolute Gasteiger partial charge is 0.390 e. The summed E-state index contributed by atoms with van der Waals surface area (Å²) in [5.74, 6) is -1.07. The van der Waals surface area contributed by atoms with Crippen LogP contribution >= 0.6 is 0 Å². The molecule has 0 N–H and O–H groups in total. The highest BCUT2D eigenvalue weighted by Crippen LogP contribution is 2.33. The maximum atomic E-state index is 13.1. The minimum atomic E-state index is -4.64. The van der Waals surface area contributed by atoms with Gasteiger partial charge in [0.25, 0.3) is 0 Å². The molecule has 4 aromatic heterocycles. The SMILES string of the molecule is CCS(=O)(=O)c1ccc(-n2cnc([N+](=O)[O-])n2)nc1-c1nc2cc(C(F)(F)F)cnc2n1C. The van der Waals surface area contributed by atoms with E-state index >= 15 is 0 Å². The number of halogens is 3. The van der Waals surface area contributed by atoms with Crippen LogP contribution in [-0.4, -0.2) is 53.4 Å². The molecule has 0 aliphatic carbocycles. The third-order valence-corrected chi connectivity index (χ3v) is 6.44. The molecule has 0 bridgehead atoms. The van der Waals surface area contributed by atoms with Crippen molar-refractivity contribution in [3.8, 4) is 17.3 Å². The van der Waals surface area contributed by atoms with E-state index in [2.05, 4.69) is 25.0 Å². The number of alkyl halides is 3. The van der Waals surface area contributed by atoms with E-state index in [9.17, 15) is 31.7 Å². The minimum Gasteiger partial charge on any atom is -0.390 e. The molecule has 0 saturated carbocycles. The monoisotopic (exact) mass is 482 g/mol. The largest absolute Gasteiger partial charge is 0.491 e. The zero-order valence-corrected chi connectivity index (χ0v) is 17.7. The molecule has 0 radical (unpaired) electrons. The Morgan fingerprint density at radius 1 is 1.18 bits per heavy atom. The second-order valence-electron chi connectivity index (χ2n) is 6.72. The molecule has 0 atom stereocenters. The van der Waals surface area contributed by atoms with Gasteiger partial charge in [0, 0.05) is 18.3 Å². The van der Waals surface area contributed by atoms with Crippen LogP contribution in [0.3, 0.4) is 0 Å². The quantitative estimate of drug-likeness (QED) is 0.308. The minimum absolute atomic E-state index is 0.0170. The van der Waals surface area contributed by atoms with Gasteiger partial charge in [0.1, 0.15) is 11.2 Å². The van der Waals surface area contributed by atoms with Crippen molar-refractivity contribution in [3.63, 3.8) is 0 Å². The Labute approximate surface area is 182 Å². The Balaban J connectivity index is 1.96. The summed E-state index contributed by atoms with van der Waals surface area (Å²) in [5.41, 5.74) is -1.24. The van der Waals surface area contributed by atoms with Crippen molar-refractivity contribution >= 4 is 26.9 Å². The summed E-state index contributed by atoms with van der Waals surface area (Å²) in [6.45, 7) is 1.42. The lowest BCUT2D eigenvalue weighted by molar-refractivity contribution is -0.394. The molecule has 0 amide bonds. The van der Waals surface area contributed by atoms with Crippen LogP contribution in [0, 0.1) is 10.1 Å². The average Bonchev–Trinajstić information content (AvgIpc) is 3.38. The second-order valence-corrected chi connectivity index (χ2v) is 8.97. The van der Waals surface area contributed by atoms with Crippen LogP contribution in [0.15, 0.2) is 35.6 Å². The summed E-state index contributed by atoms with van der Waals surface area (Å²) >= 11 is 0. The van der Waals surface area contributed by atoms with Crippen molar-refractivity contribution in [3.05, 3.63) is 46.4 Å². The Morgan fingerprint density at radius 2 is 1.91 bits per heavy atom. The number of aromatic nitrogens is 7. The summed E-state index contributed by atoms with van der Waals surface area (Å²) in [6.07, 6.45) is -2.98. The van der Waals surface area contributed by atoms with Crippen LogP contribution in [0.25, 0.3) is 28.5 Å². The molecule has 0 aromatic carbocycles. The number of hydrogen-bond donors (Lipinski definition) is 0. The van der Waals surface area contributed by atoms with Gasteiger partial charge in [-0.05, 0) is 23.1 Å². The number of nitrogens with zero attached hydrogens (tertiary/aromatic N) is 8. The van der Waals surface area contributed by atoms with E-state index in [-0.39, 0.29) is 39.1 Å². The average molecular weight is 482 g/mol. The van der Waals surface area contributed by atoms with Gasteiger partial charge in [-0.15, -0.1) is 4.68 Å². The van der Waals surface area contributed by atoms with Crippen LogP contribution in [0.4, 0.5) is 19.1 Å². The molecule has 12 nitrogen and oxygen atoms in total. The number of hydrogen-bond acceptors (Lipinski definition) is 9. The van der Waals surface area contributed by atoms with Crippen molar-refractivity contribution in [2.75, 3.05) is 5.75 Å². The number of imidazole rings is 1. The summed E-state index contributed by atoms with van der Waals surface area (Å²) < 4.78 is 66.9. The molecular formula is C17H13F3N8O4S. The number of pyridine rings is 2. The normalized spacial score (nSPS) is 12.4. The van der Waals surface area contributed by atoms with Gasteiger partial charge in [-0.1, -0.05) is 11.9 Å². The van der Waals surface area contributed by atoms with E-state index in [0.29, 0.717) is 6.20 Å². The maximum absolute atomic E-state index is 13.1.